The standard InChI is InChI=1S/C8H19O3P/c1-4-6-9-7-8-11-12(3)10-5-2/h4-8H2,1-3H3. The second-order valence-corrected chi connectivity index (χ2v) is 3.70. The summed E-state index contributed by atoms with van der Waals surface area (Å²) in [6, 6.07) is 0. The van der Waals surface area contributed by atoms with E-state index in [4.69, 9.17) is 13.8 Å². The maximum absolute atomic E-state index is 5.35. The molecule has 0 aliphatic carbocycles. The van der Waals surface area contributed by atoms with Gasteiger partial charge >= 0.3 is 0 Å². The molecule has 0 bridgehead atoms. The lowest BCUT2D eigenvalue weighted by Crippen LogP contribution is -2.02. The molecule has 0 aromatic carbocycles. The van der Waals surface area contributed by atoms with E-state index in [9.17, 15) is 0 Å². The van der Waals surface area contributed by atoms with Crippen molar-refractivity contribution in [3.8, 4) is 0 Å². The highest BCUT2D eigenvalue weighted by Crippen LogP contribution is 2.32. The van der Waals surface area contributed by atoms with Crippen molar-refractivity contribution in [2.75, 3.05) is 33.1 Å². The van der Waals surface area contributed by atoms with Crippen LogP contribution in [0, 0.1) is 0 Å². The summed E-state index contributed by atoms with van der Waals surface area (Å²) in [5.41, 5.74) is 0. The van der Waals surface area contributed by atoms with Gasteiger partial charge < -0.3 is 13.8 Å². The normalized spacial score (nSPS) is 13.2. The number of hydrogen-bond donors (Lipinski definition) is 0. The van der Waals surface area contributed by atoms with E-state index in [-0.39, 0.29) is 0 Å². The summed E-state index contributed by atoms with van der Waals surface area (Å²) >= 11 is 0. The molecule has 0 rings (SSSR count). The van der Waals surface area contributed by atoms with Crippen LogP contribution in [-0.2, 0) is 13.8 Å². The molecule has 0 saturated carbocycles. The summed E-state index contributed by atoms with van der Waals surface area (Å²) in [7, 11) is -0.682. The van der Waals surface area contributed by atoms with Crippen molar-refractivity contribution in [1.82, 2.24) is 0 Å². The largest absolute Gasteiger partial charge is 0.379 e. The van der Waals surface area contributed by atoms with Crippen LogP contribution in [0.5, 0.6) is 0 Å². The van der Waals surface area contributed by atoms with Gasteiger partial charge in [-0.05, 0) is 13.3 Å². The minimum absolute atomic E-state index is 0.641. The Morgan fingerprint density at radius 1 is 1.00 bits per heavy atom. The van der Waals surface area contributed by atoms with E-state index in [0.717, 1.165) is 19.6 Å². The van der Waals surface area contributed by atoms with E-state index < -0.39 is 8.38 Å². The molecule has 1 atom stereocenters. The fourth-order valence-corrected chi connectivity index (χ4v) is 1.46. The maximum Gasteiger partial charge on any atom is 0.167 e. The molecule has 0 N–H and O–H groups in total. The van der Waals surface area contributed by atoms with Gasteiger partial charge in [0.15, 0.2) is 8.38 Å². The maximum atomic E-state index is 5.35. The molecule has 12 heavy (non-hydrogen) atoms. The van der Waals surface area contributed by atoms with Crippen LogP contribution in [0.2, 0.25) is 0 Å². The van der Waals surface area contributed by atoms with Gasteiger partial charge in [0.25, 0.3) is 0 Å². The van der Waals surface area contributed by atoms with Crippen LogP contribution in [-0.4, -0.2) is 33.1 Å². The summed E-state index contributed by atoms with van der Waals surface area (Å²) in [6.07, 6.45) is 1.06. The minimum Gasteiger partial charge on any atom is -0.379 e. The molecule has 0 amide bonds. The van der Waals surface area contributed by atoms with Gasteiger partial charge in [0.05, 0.1) is 19.8 Å². The van der Waals surface area contributed by atoms with Crippen LogP contribution in [0.1, 0.15) is 20.3 Å². The van der Waals surface area contributed by atoms with Crippen molar-refractivity contribution in [2.24, 2.45) is 0 Å². The van der Waals surface area contributed by atoms with Gasteiger partial charge in [-0.2, -0.15) is 0 Å². The summed E-state index contributed by atoms with van der Waals surface area (Å²) in [4.78, 5) is 0. The molecule has 0 spiro atoms. The number of ether oxygens (including phenoxy) is 1. The van der Waals surface area contributed by atoms with E-state index in [1.807, 2.05) is 13.6 Å². The van der Waals surface area contributed by atoms with Gasteiger partial charge in [0.2, 0.25) is 0 Å². The molecule has 0 heterocycles. The fraction of sp³-hybridized carbons (Fsp3) is 1.00. The van der Waals surface area contributed by atoms with Gasteiger partial charge in [0, 0.05) is 13.3 Å². The molecule has 74 valence electrons. The molecule has 0 aliphatic heterocycles. The van der Waals surface area contributed by atoms with Gasteiger partial charge in [0.1, 0.15) is 0 Å². The number of rotatable bonds is 8. The number of hydrogen-bond acceptors (Lipinski definition) is 3. The Hall–Kier alpha value is 0.310. The first-order valence-corrected chi connectivity index (χ1v) is 6.01. The first-order chi connectivity index (χ1) is 5.81. The van der Waals surface area contributed by atoms with Gasteiger partial charge in [-0.1, -0.05) is 6.92 Å². The van der Waals surface area contributed by atoms with Crippen LogP contribution in [0.3, 0.4) is 0 Å². The summed E-state index contributed by atoms with van der Waals surface area (Å²) < 4.78 is 15.8. The lowest BCUT2D eigenvalue weighted by molar-refractivity contribution is 0.0990. The van der Waals surface area contributed by atoms with E-state index in [1.165, 1.54) is 0 Å². The Kier molecular flexibility index (Phi) is 9.64. The zero-order valence-electron chi connectivity index (χ0n) is 8.21. The van der Waals surface area contributed by atoms with E-state index in [2.05, 4.69) is 6.92 Å². The lowest BCUT2D eigenvalue weighted by atomic mass is 10.5. The van der Waals surface area contributed by atoms with Gasteiger partial charge in [-0.25, -0.2) is 0 Å². The van der Waals surface area contributed by atoms with Gasteiger partial charge in [-0.3, -0.25) is 0 Å². The highest BCUT2D eigenvalue weighted by atomic mass is 31.2. The first kappa shape index (κ1) is 12.3. The van der Waals surface area contributed by atoms with Gasteiger partial charge in [-0.15, -0.1) is 0 Å². The van der Waals surface area contributed by atoms with Crippen molar-refractivity contribution >= 4 is 8.38 Å². The summed E-state index contributed by atoms with van der Waals surface area (Å²) in [5, 5.41) is 0. The highest BCUT2D eigenvalue weighted by Gasteiger charge is 1.99. The summed E-state index contributed by atoms with van der Waals surface area (Å²) in [5.74, 6) is 0. The van der Waals surface area contributed by atoms with Crippen LogP contribution in [0.15, 0.2) is 0 Å². The van der Waals surface area contributed by atoms with Crippen molar-refractivity contribution in [3.63, 3.8) is 0 Å². The van der Waals surface area contributed by atoms with E-state index in [1.54, 1.807) is 0 Å². The van der Waals surface area contributed by atoms with Crippen molar-refractivity contribution in [2.45, 2.75) is 20.3 Å². The van der Waals surface area contributed by atoms with E-state index >= 15 is 0 Å². The minimum atomic E-state index is -0.682. The zero-order valence-corrected chi connectivity index (χ0v) is 9.10. The molecule has 0 aromatic rings. The SMILES string of the molecule is CCCOCCOP(C)OCC. The Morgan fingerprint density at radius 3 is 2.33 bits per heavy atom. The molecule has 0 fully saturated rings. The third-order valence-corrected chi connectivity index (χ3v) is 2.33. The fourth-order valence-electron chi connectivity index (χ4n) is 0.690. The lowest BCUT2D eigenvalue weighted by Gasteiger charge is -2.11. The topological polar surface area (TPSA) is 27.7 Å². The predicted octanol–water partition coefficient (Wildman–Crippen LogP) is 2.41. The average Bonchev–Trinajstić information content (AvgIpc) is 2.05. The quantitative estimate of drug-likeness (QED) is 0.438. The third-order valence-electron chi connectivity index (χ3n) is 1.16. The Morgan fingerprint density at radius 2 is 1.75 bits per heavy atom. The first-order valence-electron chi connectivity index (χ1n) is 4.38. The molecule has 1 unspecified atom stereocenters. The molecule has 0 aliphatic rings. The van der Waals surface area contributed by atoms with E-state index in [0.29, 0.717) is 13.2 Å². The molecule has 0 aromatic heterocycles. The Balaban J connectivity index is 2.97. The summed E-state index contributed by atoms with van der Waals surface area (Å²) in [6.45, 7) is 8.87. The second kappa shape index (κ2) is 9.40. The van der Waals surface area contributed by atoms with Crippen molar-refractivity contribution < 1.29 is 13.8 Å². The molecule has 3 nitrogen and oxygen atoms in total. The molecular formula is C8H19O3P. The third kappa shape index (κ3) is 8.41. The van der Waals surface area contributed by atoms with Crippen LogP contribution in [0.4, 0.5) is 0 Å². The van der Waals surface area contributed by atoms with Crippen LogP contribution in [0.25, 0.3) is 0 Å². The smallest absolute Gasteiger partial charge is 0.167 e. The Labute approximate surface area is 76.3 Å². The van der Waals surface area contributed by atoms with Crippen molar-refractivity contribution in [1.29, 1.82) is 0 Å². The predicted molar refractivity (Wildman–Crippen MR) is 51.5 cm³/mol. The highest BCUT2D eigenvalue weighted by molar-refractivity contribution is 7.46. The molecule has 4 heteroatoms. The second-order valence-electron chi connectivity index (χ2n) is 2.30. The average molecular weight is 194 g/mol. The van der Waals surface area contributed by atoms with Crippen LogP contribution < -0.4 is 0 Å². The monoisotopic (exact) mass is 194 g/mol. The van der Waals surface area contributed by atoms with Crippen molar-refractivity contribution in [3.05, 3.63) is 0 Å². The zero-order chi connectivity index (χ0) is 9.23. The molecular weight excluding hydrogens is 175 g/mol. The molecule has 0 radical (unpaired) electrons. The molecule has 0 saturated heterocycles. The van der Waals surface area contributed by atoms with Crippen LogP contribution >= 0.6 is 8.38 Å². The Bertz CT molecular complexity index is 90.4.